The molecule has 5 N–H and O–H groups in total. The van der Waals surface area contributed by atoms with Crippen molar-refractivity contribution >= 4 is 47.7 Å². The number of amides is 2. The van der Waals surface area contributed by atoms with Gasteiger partial charge in [0.2, 0.25) is 5.91 Å². The Bertz CT molecular complexity index is 1780. The number of hydrogen-bond donors (Lipinski definition) is 5. The lowest BCUT2D eigenvalue weighted by atomic mass is 10.00. The molecular formula is C33H38N4O6. The zero-order chi connectivity index (χ0) is 31.6. The van der Waals surface area contributed by atoms with Crippen LogP contribution in [-0.2, 0) is 32.0 Å². The smallest absolute Gasteiger partial charge is 0.303 e. The lowest BCUT2D eigenvalue weighted by Gasteiger charge is -2.03. The number of aliphatic imine (C=N–C) groups is 1. The van der Waals surface area contributed by atoms with Gasteiger partial charge >= 0.3 is 11.9 Å². The summed E-state index contributed by atoms with van der Waals surface area (Å²) in [5.74, 6) is -2.44. The Hall–Kier alpha value is -4.73. The summed E-state index contributed by atoms with van der Waals surface area (Å²) in [4.78, 5) is 58.8. The van der Waals surface area contributed by atoms with Gasteiger partial charge in [0.25, 0.3) is 5.91 Å². The van der Waals surface area contributed by atoms with Gasteiger partial charge in [0.15, 0.2) is 0 Å². The number of carboxylic acid groups (broad SMARTS) is 2. The van der Waals surface area contributed by atoms with E-state index in [9.17, 15) is 29.4 Å². The predicted octanol–water partition coefficient (Wildman–Crippen LogP) is 3.36. The Morgan fingerprint density at radius 1 is 0.884 bits per heavy atom. The first-order chi connectivity index (χ1) is 20.4. The van der Waals surface area contributed by atoms with E-state index in [4.69, 9.17) is 0 Å². The zero-order valence-corrected chi connectivity index (χ0v) is 25.4. The van der Waals surface area contributed by atoms with Crippen LogP contribution >= 0.6 is 0 Å². The standard InChI is InChI=1S/C33H38N4O6/c1-7-20-19(6)32(42)37-27(20)14-25-18(5)23(10-12-31(40)41)29(35-25)15-28-22(9-11-30(38)39)17(4)24(34-28)13-26-16(3)21(8-2)33(43)36-26/h7,13-15,19,34-35H,8-12H2,1-6H3,(H,37,42)(H,38,39)(H,40,41)/b20-7+,24-13?,27-14-,28-15-/t19-/m1/s1. The number of aromatic nitrogens is 2. The average molecular weight is 587 g/mol. The number of rotatable bonds is 10. The molecule has 0 spiro atoms. The molecule has 10 nitrogen and oxygen atoms in total. The molecule has 0 unspecified atom stereocenters. The first-order valence-electron chi connectivity index (χ1n) is 14.4. The number of allylic oxidation sites excluding steroid dienone is 3. The van der Waals surface area contributed by atoms with Gasteiger partial charge in [0.05, 0.1) is 11.6 Å². The molecule has 1 fully saturated rings. The summed E-state index contributed by atoms with van der Waals surface area (Å²) in [6, 6.07) is 0. The van der Waals surface area contributed by atoms with E-state index in [1.165, 1.54) is 0 Å². The number of aromatic amines is 2. The highest BCUT2D eigenvalue weighted by Gasteiger charge is 2.29. The van der Waals surface area contributed by atoms with Crippen LogP contribution in [0.25, 0.3) is 18.2 Å². The molecule has 2 aromatic heterocycles. The Morgan fingerprint density at radius 3 is 2.12 bits per heavy atom. The zero-order valence-electron chi connectivity index (χ0n) is 25.4. The Morgan fingerprint density at radius 2 is 1.53 bits per heavy atom. The molecule has 2 aliphatic heterocycles. The third-order valence-corrected chi connectivity index (χ3v) is 8.35. The number of nitrogens with zero attached hydrogens (tertiary/aromatic N) is 1. The van der Waals surface area contributed by atoms with Gasteiger partial charge in [-0.1, -0.05) is 13.0 Å². The van der Waals surface area contributed by atoms with Crippen molar-refractivity contribution in [1.29, 1.82) is 0 Å². The number of aliphatic carboxylic acids is 2. The quantitative estimate of drug-likeness (QED) is 0.286. The van der Waals surface area contributed by atoms with Crippen molar-refractivity contribution in [2.45, 2.75) is 73.6 Å². The second-order valence-corrected chi connectivity index (χ2v) is 11.0. The van der Waals surface area contributed by atoms with Crippen molar-refractivity contribution in [3.63, 3.8) is 0 Å². The highest BCUT2D eigenvalue weighted by atomic mass is 16.4. The van der Waals surface area contributed by atoms with Crippen molar-refractivity contribution in [3.8, 4) is 0 Å². The molecule has 1 saturated heterocycles. The summed E-state index contributed by atoms with van der Waals surface area (Å²) in [5.41, 5.74) is 8.40. The van der Waals surface area contributed by atoms with Gasteiger partial charge in [-0.05, 0) is 106 Å². The fraction of sp³-hybridized carbons (Fsp3) is 0.364. The fourth-order valence-electron chi connectivity index (χ4n) is 5.77. The number of H-pyrrole nitrogens is 2. The summed E-state index contributed by atoms with van der Waals surface area (Å²) in [6.07, 6.45) is 8.45. The van der Waals surface area contributed by atoms with Gasteiger partial charge in [-0.3, -0.25) is 19.2 Å². The van der Waals surface area contributed by atoms with E-state index in [1.54, 1.807) is 0 Å². The molecule has 1 atom stereocenters. The van der Waals surface area contributed by atoms with E-state index >= 15 is 0 Å². The molecule has 4 rings (SSSR count). The van der Waals surface area contributed by atoms with E-state index in [-0.39, 0.29) is 43.4 Å². The predicted molar refractivity (Wildman–Crippen MR) is 165 cm³/mol. The van der Waals surface area contributed by atoms with Crippen LogP contribution in [0.2, 0.25) is 0 Å². The van der Waals surface area contributed by atoms with Crippen molar-refractivity contribution < 1.29 is 29.4 Å². The molecule has 2 aromatic rings. The monoisotopic (exact) mass is 586 g/mol. The number of nitrogens with one attached hydrogen (secondary N) is 3. The summed E-state index contributed by atoms with van der Waals surface area (Å²) in [5, 5.41) is 23.2. The molecule has 0 bridgehead atoms. The second kappa shape index (κ2) is 12.6. The van der Waals surface area contributed by atoms with Gasteiger partial charge in [-0.25, -0.2) is 4.99 Å². The molecule has 0 saturated carbocycles. The van der Waals surface area contributed by atoms with Crippen LogP contribution in [0.3, 0.4) is 0 Å². The Labute approximate surface area is 249 Å². The van der Waals surface area contributed by atoms with Crippen LogP contribution in [0.4, 0.5) is 0 Å². The maximum absolute atomic E-state index is 12.3. The molecule has 43 heavy (non-hydrogen) atoms. The number of hydrogen-bond acceptors (Lipinski definition) is 4. The Kier molecular flexibility index (Phi) is 9.18. The minimum atomic E-state index is -0.923. The van der Waals surface area contributed by atoms with Crippen LogP contribution < -0.4 is 16.0 Å². The van der Waals surface area contributed by atoms with Crippen LogP contribution in [0.1, 0.15) is 80.6 Å². The van der Waals surface area contributed by atoms with Crippen LogP contribution in [0, 0.1) is 19.8 Å². The minimum absolute atomic E-state index is 0.0721. The molecule has 0 aliphatic carbocycles. The number of carbonyl (C=O) groups is 4. The molecule has 2 amide bonds. The van der Waals surface area contributed by atoms with E-state index in [1.807, 2.05) is 65.8 Å². The van der Waals surface area contributed by atoms with Crippen LogP contribution in [0.5, 0.6) is 0 Å². The van der Waals surface area contributed by atoms with Crippen molar-refractivity contribution in [2.75, 3.05) is 0 Å². The first kappa shape index (κ1) is 31.2. The SMILES string of the molecule is C/C=C1/C(=C/c2[nH]c(/C=c3\[nH]c(=CC4=NC(=O)C(CC)=C4C)c(C)c3CCC(=O)O)c(CCC(=O)O)c2C)NC(=O)[C@@H]1C. The highest BCUT2D eigenvalue weighted by Crippen LogP contribution is 2.29. The minimum Gasteiger partial charge on any atom is -0.481 e. The van der Waals surface area contributed by atoms with Crippen molar-refractivity contribution in [2.24, 2.45) is 10.9 Å². The summed E-state index contributed by atoms with van der Waals surface area (Å²) in [6.45, 7) is 11.3. The van der Waals surface area contributed by atoms with E-state index in [2.05, 4.69) is 20.3 Å². The summed E-state index contributed by atoms with van der Waals surface area (Å²) >= 11 is 0. The lowest BCUT2D eigenvalue weighted by molar-refractivity contribution is -0.138. The summed E-state index contributed by atoms with van der Waals surface area (Å²) in [7, 11) is 0. The van der Waals surface area contributed by atoms with Crippen molar-refractivity contribution in [3.05, 3.63) is 72.8 Å². The van der Waals surface area contributed by atoms with E-state index < -0.39 is 11.9 Å². The topological polar surface area (TPSA) is 165 Å². The van der Waals surface area contributed by atoms with Crippen LogP contribution in [-0.4, -0.2) is 49.6 Å². The third-order valence-electron chi connectivity index (χ3n) is 8.35. The van der Waals surface area contributed by atoms with Crippen molar-refractivity contribution in [1.82, 2.24) is 15.3 Å². The maximum atomic E-state index is 12.3. The lowest BCUT2D eigenvalue weighted by Crippen LogP contribution is -2.16. The maximum Gasteiger partial charge on any atom is 0.303 e. The molecule has 226 valence electrons. The molecule has 0 aromatic carbocycles. The van der Waals surface area contributed by atoms with Gasteiger partial charge in [0, 0.05) is 46.2 Å². The third kappa shape index (κ3) is 6.38. The van der Waals surface area contributed by atoms with Gasteiger partial charge in [0.1, 0.15) is 0 Å². The molecule has 4 heterocycles. The fourth-order valence-corrected chi connectivity index (χ4v) is 5.77. The summed E-state index contributed by atoms with van der Waals surface area (Å²) < 4.78 is 0. The highest BCUT2D eigenvalue weighted by molar-refractivity contribution is 6.30. The van der Waals surface area contributed by atoms with E-state index in [0.717, 1.165) is 39.1 Å². The van der Waals surface area contributed by atoms with Gasteiger partial charge in [-0.2, -0.15) is 0 Å². The van der Waals surface area contributed by atoms with E-state index in [0.29, 0.717) is 39.8 Å². The molecule has 0 radical (unpaired) electrons. The first-order valence-corrected chi connectivity index (χ1v) is 14.4. The van der Waals surface area contributed by atoms with Crippen LogP contribution in [0.15, 0.2) is 33.5 Å². The number of carbonyl (C=O) groups excluding carboxylic acids is 2. The largest absolute Gasteiger partial charge is 0.481 e. The van der Waals surface area contributed by atoms with Gasteiger partial charge in [-0.15, -0.1) is 0 Å². The molecule has 10 heteroatoms. The Balaban J connectivity index is 1.91. The molecule has 2 aliphatic rings. The normalized spacial score (nSPS) is 19.8. The molecular weight excluding hydrogens is 548 g/mol. The van der Waals surface area contributed by atoms with Gasteiger partial charge < -0.3 is 25.5 Å². The average Bonchev–Trinajstić information content (AvgIpc) is 3.59. The second-order valence-electron chi connectivity index (χ2n) is 11.0. The number of carboxylic acids is 2.